The molecule has 0 unspecified atom stereocenters. The van der Waals surface area contributed by atoms with E-state index in [9.17, 15) is 0 Å². The maximum atomic E-state index is 5.96. The van der Waals surface area contributed by atoms with Crippen molar-refractivity contribution in [3.63, 3.8) is 0 Å². The highest BCUT2D eigenvalue weighted by Crippen LogP contribution is 2.33. The molecular weight excluding hydrogens is 210 g/mol. The molecule has 0 atom stereocenters. The number of nitrogens with one attached hydrogen (secondary N) is 1. The van der Waals surface area contributed by atoms with Crippen molar-refractivity contribution in [2.24, 2.45) is 0 Å². The van der Waals surface area contributed by atoms with E-state index in [2.05, 4.69) is 51.2 Å². The van der Waals surface area contributed by atoms with E-state index < -0.39 is 0 Å². The zero-order valence-electron chi connectivity index (χ0n) is 11.8. The molecule has 0 aliphatic heterocycles. The van der Waals surface area contributed by atoms with Crippen LogP contribution in [0.25, 0.3) is 0 Å². The summed E-state index contributed by atoms with van der Waals surface area (Å²) in [7, 11) is 1.97. The van der Waals surface area contributed by atoms with Gasteiger partial charge in [0, 0.05) is 0 Å². The minimum Gasteiger partial charge on any atom is -0.493 e. The van der Waals surface area contributed by atoms with Gasteiger partial charge in [0.15, 0.2) is 0 Å². The molecule has 96 valence electrons. The maximum Gasteiger partial charge on any atom is 0.125 e. The van der Waals surface area contributed by atoms with Gasteiger partial charge in [-0.2, -0.15) is 0 Å². The minimum atomic E-state index is 0.129. The number of para-hydroxylation sites is 1. The zero-order chi connectivity index (χ0) is 12.9. The highest BCUT2D eigenvalue weighted by atomic mass is 16.5. The summed E-state index contributed by atoms with van der Waals surface area (Å²) < 4.78 is 5.96. The molecule has 1 N–H and O–H groups in total. The van der Waals surface area contributed by atoms with Gasteiger partial charge in [-0.1, -0.05) is 39.0 Å². The summed E-state index contributed by atoms with van der Waals surface area (Å²) >= 11 is 0. The van der Waals surface area contributed by atoms with Gasteiger partial charge >= 0.3 is 0 Å². The van der Waals surface area contributed by atoms with Crippen LogP contribution in [0.3, 0.4) is 0 Å². The van der Waals surface area contributed by atoms with Gasteiger partial charge in [-0.15, -0.1) is 0 Å². The lowest BCUT2D eigenvalue weighted by Crippen LogP contribution is -2.16. The van der Waals surface area contributed by atoms with Crippen molar-refractivity contribution in [3.05, 3.63) is 29.3 Å². The first-order chi connectivity index (χ1) is 7.96. The van der Waals surface area contributed by atoms with Crippen molar-refractivity contribution < 1.29 is 4.74 Å². The average molecular weight is 235 g/mol. The number of rotatable bonds is 5. The van der Waals surface area contributed by atoms with E-state index in [-0.39, 0.29) is 5.41 Å². The van der Waals surface area contributed by atoms with Crippen LogP contribution in [0.4, 0.5) is 0 Å². The fraction of sp³-hybridized carbons (Fsp3) is 0.600. The number of ether oxygens (including phenoxy) is 1. The van der Waals surface area contributed by atoms with E-state index in [1.807, 2.05) is 7.05 Å². The van der Waals surface area contributed by atoms with E-state index in [4.69, 9.17) is 4.74 Å². The third-order valence-corrected chi connectivity index (χ3v) is 2.84. The van der Waals surface area contributed by atoms with E-state index in [1.165, 1.54) is 11.1 Å². The molecule has 0 amide bonds. The lowest BCUT2D eigenvalue weighted by Gasteiger charge is -2.24. The predicted octanol–water partition coefficient (Wildman–Crippen LogP) is 3.28. The maximum absolute atomic E-state index is 5.96. The Morgan fingerprint density at radius 1 is 1.24 bits per heavy atom. The van der Waals surface area contributed by atoms with Gasteiger partial charge in [0.1, 0.15) is 5.75 Å². The van der Waals surface area contributed by atoms with E-state index >= 15 is 0 Å². The molecule has 2 heteroatoms. The minimum absolute atomic E-state index is 0.129. The standard InChI is InChI=1S/C15H25NO/c1-12-8-6-9-13(15(2,3)4)14(12)17-11-7-10-16-5/h6,8-9,16H,7,10-11H2,1-5H3. The van der Waals surface area contributed by atoms with E-state index in [0.717, 1.165) is 25.3 Å². The molecular formula is C15H25NO. The van der Waals surface area contributed by atoms with Crippen LogP contribution in [-0.4, -0.2) is 20.2 Å². The largest absolute Gasteiger partial charge is 0.493 e. The molecule has 17 heavy (non-hydrogen) atoms. The van der Waals surface area contributed by atoms with Crippen molar-refractivity contribution in [2.45, 2.75) is 39.5 Å². The van der Waals surface area contributed by atoms with Crippen LogP contribution in [0.5, 0.6) is 5.75 Å². The first kappa shape index (κ1) is 14.0. The Morgan fingerprint density at radius 3 is 2.53 bits per heavy atom. The van der Waals surface area contributed by atoms with Crippen LogP contribution >= 0.6 is 0 Å². The Balaban J connectivity index is 2.81. The Kier molecular flexibility index (Phi) is 5.01. The molecule has 0 heterocycles. The van der Waals surface area contributed by atoms with Gasteiger partial charge in [0.2, 0.25) is 0 Å². The summed E-state index contributed by atoms with van der Waals surface area (Å²) in [6.45, 7) is 10.6. The lowest BCUT2D eigenvalue weighted by atomic mass is 9.85. The fourth-order valence-corrected chi connectivity index (χ4v) is 1.86. The van der Waals surface area contributed by atoms with E-state index in [1.54, 1.807) is 0 Å². The third kappa shape index (κ3) is 4.04. The number of benzene rings is 1. The normalized spacial score (nSPS) is 11.6. The van der Waals surface area contributed by atoms with Crippen LogP contribution in [0.15, 0.2) is 18.2 Å². The quantitative estimate of drug-likeness (QED) is 0.791. The number of hydrogen-bond donors (Lipinski definition) is 1. The van der Waals surface area contributed by atoms with Gasteiger partial charge in [0.25, 0.3) is 0 Å². The monoisotopic (exact) mass is 235 g/mol. The van der Waals surface area contributed by atoms with Crippen LogP contribution in [-0.2, 0) is 5.41 Å². The van der Waals surface area contributed by atoms with Crippen LogP contribution in [0, 0.1) is 6.92 Å². The molecule has 2 nitrogen and oxygen atoms in total. The van der Waals surface area contributed by atoms with Crippen molar-refractivity contribution in [3.8, 4) is 5.75 Å². The highest BCUT2D eigenvalue weighted by Gasteiger charge is 2.19. The van der Waals surface area contributed by atoms with Crippen molar-refractivity contribution >= 4 is 0 Å². The van der Waals surface area contributed by atoms with Gasteiger partial charge in [-0.25, -0.2) is 0 Å². The molecule has 0 fully saturated rings. The molecule has 0 radical (unpaired) electrons. The first-order valence-corrected chi connectivity index (χ1v) is 6.34. The second-order valence-electron chi connectivity index (χ2n) is 5.51. The number of hydrogen-bond acceptors (Lipinski definition) is 2. The average Bonchev–Trinajstić information content (AvgIpc) is 2.24. The summed E-state index contributed by atoms with van der Waals surface area (Å²) in [4.78, 5) is 0. The second kappa shape index (κ2) is 6.06. The topological polar surface area (TPSA) is 21.3 Å². The van der Waals surface area contributed by atoms with Crippen molar-refractivity contribution in [1.82, 2.24) is 5.32 Å². The Hall–Kier alpha value is -1.02. The molecule has 1 rings (SSSR count). The SMILES string of the molecule is CNCCCOc1c(C)cccc1C(C)(C)C. The molecule has 1 aromatic carbocycles. The van der Waals surface area contributed by atoms with Crippen LogP contribution in [0.2, 0.25) is 0 Å². The lowest BCUT2D eigenvalue weighted by molar-refractivity contribution is 0.299. The molecule has 0 aliphatic rings. The summed E-state index contributed by atoms with van der Waals surface area (Å²) in [5.41, 5.74) is 2.65. The fourth-order valence-electron chi connectivity index (χ4n) is 1.86. The summed E-state index contributed by atoms with van der Waals surface area (Å²) in [5, 5.41) is 3.13. The van der Waals surface area contributed by atoms with Crippen LogP contribution < -0.4 is 10.1 Å². The smallest absolute Gasteiger partial charge is 0.125 e. The van der Waals surface area contributed by atoms with Crippen molar-refractivity contribution in [2.75, 3.05) is 20.2 Å². The summed E-state index contributed by atoms with van der Waals surface area (Å²) in [6.07, 6.45) is 1.04. The van der Waals surface area contributed by atoms with Crippen molar-refractivity contribution in [1.29, 1.82) is 0 Å². The Labute approximate surface area is 105 Å². The molecule has 1 aromatic rings. The second-order valence-corrected chi connectivity index (χ2v) is 5.51. The summed E-state index contributed by atoms with van der Waals surface area (Å²) in [5.74, 6) is 1.07. The first-order valence-electron chi connectivity index (χ1n) is 6.34. The molecule has 0 aromatic heterocycles. The third-order valence-electron chi connectivity index (χ3n) is 2.84. The molecule has 0 bridgehead atoms. The summed E-state index contributed by atoms with van der Waals surface area (Å²) in [6, 6.07) is 6.39. The Morgan fingerprint density at radius 2 is 1.94 bits per heavy atom. The Bertz CT molecular complexity index is 352. The van der Waals surface area contributed by atoms with Gasteiger partial charge in [-0.05, 0) is 43.5 Å². The molecule has 0 saturated carbocycles. The van der Waals surface area contributed by atoms with E-state index in [0.29, 0.717) is 0 Å². The number of aryl methyl sites for hydroxylation is 1. The molecule has 0 saturated heterocycles. The molecule has 0 spiro atoms. The van der Waals surface area contributed by atoms with Crippen LogP contribution in [0.1, 0.15) is 38.3 Å². The van der Waals surface area contributed by atoms with Gasteiger partial charge < -0.3 is 10.1 Å². The highest BCUT2D eigenvalue weighted by molar-refractivity contribution is 5.44. The molecule has 0 aliphatic carbocycles. The van der Waals surface area contributed by atoms with Gasteiger partial charge in [-0.3, -0.25) is 0 Å². The predicted molar refractivity (Wildman–Crippen MR) is 73.9 cm³/mol. The zero-order valence-corrected chi connectivity index (χ0v) is 11.8. The van der Waals surface area contributed by atoms with Gasteiger partial charge in [0.05, 0.1) is 6.61 Å².